The molecule has 1 atom stereocenters. The molecule has 1 heterocycles. The van der Waals surface area contributed by atoms with Gasteiger partial charge in [-0.15, -0.1) is 0 Å². The predicted molar refractivity (Wildman–Crippen MR) is 49.1 cm³/mol. The Hall–Kier alpha value is -0.890. The average Bonchev–Trinajstić information content (AvgIpc) is 2.15. The Kier molecular flexibility index (Phi) is 3.74. The minimum absolute atomic E-state index is 0.441. The Morgan fingerprint density at radius 1 is 1.50 bits per heavy atom. The van der Waals surface area contributed by atoms with E-state index in [2.05, 4.69) is 11.9 Å². The third-order valence-electron chi connectivity index (χ3n) is 1.97. The highest BCUT2D eigenvalue weighted by atomic mass is 16.5. The van der Waals surface area contributed by atoms with Crippen molar-refractivity contribution in [2.75, 3.05) is 13.7 Å². The number of pyridine rings is 1. The fourth-order valence-corrected chi connectivity index (χ4v) is 1.23. The highest BCUT2D eigenvalue weighted by Gasteiger charge is 2.08. The van der Waals surface area contributed by atoms with Gasteiger partial charge in [-0.25, -0.2) is 0 Å². The first-order valence-electron chi connectivity index (χ1n) is 4.28. The molecule has 2 nitrogen and oxygen atoms in total. The quantitative estimate of drug-likeness (QED) is 0.682. The second-order valence-electron chi connectivity index (χ2n) is 2.82. The molecule has 0 aliphatic rings. The summed E-state index contributed by atoms with van der Waals surface area (Å²) in [4.78, 5) is 4.29. The van der Waals surface area contributed by atoms with Crippen molar-refractivity contribution in [1.29, 1.82) is 0 Å². The first kappa shape index (κ1) is 9.20. The van der Waals surface area contributed by atoms with Crippen LogP contribution in [0.15, 0.2) is 24.4 Å². The van der Waals surface area contributed by atoms with Gasteiger partial charge in [-0.05, 0) is 18.6 Å². The molecular weight excluding hydrogens is 150 g/mol. The highest BCUT2D eigenvalue weighted by molar-refractivity contribution is 5.09. The number of hydrogen-bond acceptors (Lipinski definition) is 2. The third kappa shape index (κ3) is 2.31. The SMILES string of the molecule is CCC(COC)c1ccccn1. The van der Waals surface area contributed by atoms with Gasteiger partial charge in [0.1, 0.15) is 0 Å². The van der Waals surface area contributed by atoms with E-state index < -0.39 is 0 Å². The van der Waals surface area contributed by atoms with Crippen LogP contribution in [0.4, 0.5) is 0 Å². The first-order chi connectivity index (χ1) is 5.88. The largest absolute Gasteiger partial charge is 0.384 e. The van der Waals surface area contributed by atoms with Gasteiger partial charge in [0.15, 0.2) is 0 Å². The molecule has 0 amide bonds. The van der Waals surface area contributed by atoms with Crippen LogP contribution in [0.5, 0.6) is 0 Å². The van der Waals surface area contributed by atoms with Crippen LogP contribution in [0.2, 0.25) is 0 Å². The fourth-order valence-electron chi connectivity index (χ4n) is 1.23. The topological polar surface area (TPSA) is 22.1 Å². The van der Waals surface area contributed by atoms with Gasteiger partial charge < -0.3 is 4.74 Å². The Labute approximate surface area is 73.6 Å². The maximum absolute atomic E-state index is 5.11. The number of aromatic nitrogens is 1. The highest BCUT2D eigenvalue weighted by Crippen LogP contribution is 2.16. The van der Waals surface area contributed by atoms with Gasteiger partial charge in [-0.3, -0.25) is 4.98 Å². The van der Waals surface area contributed by atoms with Gasteiger partial charge in [0, 0.05) is 24.9 Å². The van der Waals surface area contributed by atoms with E-state index in [1.807, 2.05) is 24.4 Å². The molecule has 0 aromatic carbocycles. The van der Waals surface area contributed by atoms with Crippen LogP contribution in [0, 0.1) is 0 Å². The number of methoxy groups -OCH3 is 1. The average molecular weight is 165 g/mol. The van der Waals surface area contributed by atoms with Crippen molar-refractivity contribution in [2.45, 2.75) is 19.3 Å². The molecule has 0 saturated heterocycles. The molecule has 1 unspecified atom stereocenters. The van der Waals surface area contributed by atoms with E-state index in [1.165, 1.54) is 0 Å². The van der Waals surface area contributed by atoms with Gasteiger partial charge in [-0.2, -0.15) is 0 Å². The predicted octanol–water partition coefficient (Wildman–Crippen LogP) is 2.22. The van der Waals surface area contributed by atoms with Crippen molar-refractivity contribution in [2.24, 2.45) is 0 Å². The van der Waals surface area contributed by atoms with Crippen molar-refractivity contribution < 1.29 is 4.74 Å². The van der Waals surface area contributed by atoms with Crippen LogP contribution in [0.25, 0.3) is 0 Å². The van der Waals surface area contributed by atoms with Crippen LogP contribution >= 0.6 is 0 Å². The molecule has 1 rings (SSSR count). The van der Waals surface area contributed by atoms with Gasteiger partial charge in [0.05, 0.1) is 6.61 Å². The molecule has 0 radical (unpaired) electrons. The molecule has 1 aromatic rings. The number of ether oxygens (including phenoxy) is 1. The van der Waals surface area contributed by atoms with Crippen molar-refractivity contribution in [3.05, 3.63) is 30.1 Å². The van der Waals surface area contributed by atoms with E-state index in [4.69, 9.17) is 4.74 Å². The normalized spacial score (nSPS) is 12.8. The third-order valence-corrected chi connectivity index (χ3v) is 1.97. The molecule has 0 spiro atoms. The summed E-state index contributed by atoms with van der Waals surface area (Å²) >= 11 is 0. The summed E-state index contributed by atoms with van der Waals surface area (Å²) < 4.78 is 5.11. The maximum atomic E-state index is 5.11. The van der Waals surface area contributed by atoms with Crippen molar-refractivity contribution in [1.82, 2.24) is 4.98 Å². The Bertz CT molecular complexity index is 210. The summed E-state index contributed by atoms with van der Waals surface area (Å²) in [6, 6.07) is 6.00. The first-order valence-corrected chi connectivity index (χ1v) is 4.28. The lowest BCUT2D eigenvalue weighted by Crippen LogP contribution is -2.06. The van der Waals surface area contributed by atoms with Crippen molar-refractivity contribution in [3.63, 3.8) is 0 Å². The summed E-state index contributed by atoms with van der Waals surface area (Å²) in [5.74, 6) is 0.441. The van der Waals surface area contributed by atoms with Crippen LogP contribution in [-0.2, 0) is 4.74 Å². The molecule has 1 aromatic heterocycles. The van der Waals surface area contributed by atoms with Crippen LogP contribution in [-0.4, -0.2) is 18.7 Å². The monoisotopic (exact) mass is 165 g/mol. The minimum atomic E-state index is 0.441. The molecular formula is C10H15NO. The second-order valence-corrected chi connectivity index (χ2v) is 2.82. The van der Waals surface area contributed by atoms with Crippen LogP contribution in [0.3, 0.4) is 0 Å². The standard InChI is InChI=1S/C10H15NO/c1-3-9(8-12-2)10-6-4-5-7-11-10/h4-7,9H,3,8H2,1-2H3. The number of nitrogens with zero attached hydrogens (tertiary/aromatic N) is 1. The summed E-state index contributed by atoms with van der Waals surface area (Å²) in [6.45, 7) is 2.91. The zero-order chi connectivity index (χ0) is 8.81. The second kappa shape index (κ2) is 4.88. The Balaban J connectivity index is 2.66. The molecule has 0 aliphatic heterocycles. The lowest BCUT2D eigenvalue weighted by Gasteiger charge is -2.11. The molecule has 2 heteroatoms. The van der Waals surface area contributed by atoms with Crippen molar-refractivity contribution in [3.8, 4) is 0 Å². The van der Waals surface area contributed by atoms with Crippen LogP contribution < -0.4 is 0 Å². The smallest absolute Gasteiger partial charge is 0.0545 e. The molecule has 12 heavy (non-hydrogen) atoms. The summed E-state index contributed by atoms with van der Waals surface area (Å²) in [5, 5.41) is 0. The zero-order valence-corrected chi connectivity index (χ0v) is 7.66. The number of hydrogen-bond donors (Lipinski definition) is 0. The molecule has 0 aliphatic carbocycles. The minimum Gasteiger partial charge on any atom is -0.384 e. The molecule has 66 valence electrons. The summed E-state index contributed by atoms with van der Waals surface area (Å²) in [7, 11) is 1.73. The lowest BCUT2D eigenvalue weighted by atomic mass is 10.0. The zero-order valence-electron chi connectivity index (χ0n) is 7.66. The maximum Gasteiger partial charge on any atom is 0.0545 e. The van der Waals surface area contributed by atoms with Gasteiger partial charge in [-0.1, -0.05) is 13.0 Å². The molecule has 0 N–H and O–H groups in total. The molecule has 0 fully saturated rings. The van der Waals surface area contributed by atoms with E-state index in [1.54, 1.807) is 7.11 Å². The summed E-state index contributed by atoms with van der Waals surface area (Å²) in [6.07, 6.45) is 2.90. The van der Waals surface area contributed by atoms with Gasteiger partial charge >= 0.3 is 0 Å². The van der Waals surface area contributed by atoms with E-state index in [0.717, 1.165) is 18.7 Å². The lowest BCUT2D eigenvalue weighted by molar-refractivity contribution is 0.176. The Morgan fingerprint density at radius 3 is 2.83 bits per heavy atom. The van der Waals surface area contributed by atoms with E-state index in [9.17, 15) is 0 Å². The molecule has 0 saturated carbocycles. The number of rotatable bonds is 4. The Morgan fingerprint density at radius 2 is 2.33 bits per heavy atom. The van der Waals surface area contributed by atoms with Gasteiger partial charge in [0.2, 0.25) is 0 Å². The fraction of sp³-hybridized carbons (Fsp3) is 0.500. The van der Waals surface area contributed by atoms with Crippen molar-refractivity contribution >= 4 is 0 Å². The summed E-state index contributed by atoms with van der Waals surface area (Å²) in [5.41, 5.74) is 1.13. The van der Waals surface area contributed by atoms with Gasteiger partial charge in [0.25, 0.3) is 0 Å². The van der Waals surface area contributed by atoms with Crippen LogP contribution in [0.1, 0.15) is 25.0 Å². The molecule has 0 bridgehead atoms. The van der Waals surface area contributed by atoms with E-state index in [0.29, 0.717) is 5.92 Å². The van der Waals surface area contributed by atoms with E-state index >= 15 is 0 Å². The van der Waals surface area contributed by atoms with E-state index in [-0.39, 0.29) is 0 Å².